The predicted molar refractivity (Wildman–Crippen MR) is 174 cm³/mol. The molecule has 10 heteroatoms. The minimum atomic E-state index is -0.259. The minimum absolute atomic E-state index is 0.194. The van der Waals surface area contributed by atoms with Gasteiger partial charge in [-0.25, -0.2) is 9.97 Å². The van der Waals surface area contributed by atoms with Crippen molar-refractivity contribution < 1.29 is 14.6 Å². The summed E-state index contributed by atoms with van der Waals surface area (Å²) in [4.78, 5) is 16.2. The van der Waals surface area contributed by atoms with Crippen molar-refractivity contribution in [2.45, 2.75) is 32.6 Å². The van der Waals surface area contributed by atoms with E-state index < -0.39 is 0 Å². The largest absolute Gasteiger partial charge is 0.435 e. The van der Waals surface area contributed by atoms with E-state index in [1.165, 1.54) is 0 Å². The molecule has 3 aromatic heterocycles. The Bertz CT molecular complexity index is 2120. The van der Waals surface area contributed by atoms with Crippen LogP contribution in [0.5, 0.6) is 0 Å². The van der Waals surface area contributed by atoms with Crippen molar-refractivity contribution in [2.75, 3.05) is 18.4 Å². The first kappa shape index (κ1) is 28.9. The average Bonchev–Trinajstić information content (AvgIpc) is 3.67. The number of aromatic nitrogens is 3. The van der Waals surface area contributed by atoms with Gasteiger partial charge in [-0.2, -0.15) is 5.26 Å². The summed E-state index contributed by atoms with van der Waals surface area (Å²) in [5.41, 5.74) is 7.73. The van der Waals surface area contributed by atoms with Crippen LogP contribution in [0.3, 0.4) is 0 Å². The van der Waals surface area contributed by atoms with Gasteiger partial charge in [0.2, 0.25) is 5.89 Å². The first-order valence-corrected chi connectivity index (χ1v) is 15.0. The van der Waals surface area contributed by atoms with Crippen LogP contribution in [-0.4, -0.2) is 49.3 Å². The van der Waals surface area contributed by atoms with Crippen LogP contribution in [0.1, 0.15) is 28.7 Å². The molecule has 1 atom stereocenters. The fourth-order valence-electron chi connectivity index (χ4n) is 6.00. The monoisotopic (exact) mass is 616 g/mol. The third-order valence-corrected chi connectivity index (χ3v) is 8.68. The summed E-state index contributed by atoms with van der Waals surface area (Å²) in [6.07, 6.45) is 4.16. The molecule has 3 N–H and O–H groups in total. The summed E-state index contributed by atoms with van der Waals surface area (Å²) in [5.74, 6) is 0.981. The first-order valence-electron chi connectivity index (χ1n) is 14.7. The summed E-state index contributed by atoms with van der Waals surface area (Å²) in [6.45, 7) is 4.09. The second-order valence-corrected chi connectivity index (χ2v) is 11.7. The number of β-amino-alcohol motifs (C(OH)–C–C–N with tert-alkyl or cyclic N) is 1. The van der Waals surface area contributed by atoms with Gasteiger partial charge in [0.15, 0.2) is 11.4 Å². The Labute approximate surface area is 264 Å². The molecule has 1 aliphatic heterocycles. The molecule has 3 aromatic carbocycles. The highest BCUT2D eigenvalue weighted by Gasteiger charge is 2.21. The Hall–Kier alpha value is -4.85. The maximum Gasteiger partial charge on any atom is 0.227 e. The van der Waals surface area contributed by atoms with E-state index in [9.17, 15) is 15.5 Å². The molecule has 1 aliphatic rings. The fraction of sp³-hybridized carbons (Fsp3) is 0.200. The summed E-state index contributed by atoms with van der Waals surface area (Å²) in [6, 6.07) is 21.2. The van der Waals surface area contributed by atoms with Gasteiger partial charge in [0, 0.05) is 48.5 Å². The molecular formula is C35H29ClN6O3. The zero-order valence-corrected chi connectivity index (χ0v) is 25.2. The van der Waals surface area contributed by atoms with Gasteiger partial charge in [0.05, 0.1) is 29.0 Å². The van der Waals surface area contributed by atoms with E-state index in [2.05, 4.69) is 32.3 Å². The van der Waals surface area contributed by atoms with Crippen molar-refractivity contribution in [1.82, 2.24) is 19.9 Å². The number of fused-ring (bicyclic) bond motifs is 2. The van der Waals surface area contributed by atoms with Crippen LogP contribution in [-0.2, 0) is 13.2 Å². The number of oxazole rings is 1. The van der Waals surface area contributed by atoms with Crippen molar-refractivity contribution in [3.05, 3.63) is 100 Å². The molecule has 0 unspecified atom stereocenters. The van der Waals surface area contributed by atoms with Crippen LogP contribution in [0.25, 0.3) is 44.6 Å². The summed E-state index contributed by atoms with van der Waals surface area (Å²) in [7, 11) is 0. The Morgan fingerprint density at radius 1 is 1.07 bits per heavy atom. The lowest BCUT2D eigenvalue weighted by Crippen LogP contribution is -2.21. The quantitative estimate of drug-likeness (QED) is 0.178. The highest BCUT2D eigenvalue weighted by molar-refractivity contribution is 6.36. The molecule has 7 rings (SSSR count). The molecule has 0 aliphatic carbocycles. The molecule has 0 spiro atoms. The molecule has 9 nitrogen and oxygen atoms in total. The molecule has 4 heterocycles. The zero-order chi connectivity index (χ0) is 31.1. The van der Waals surface area contributed by atoms with Crippen molar-refractivity contribution in [2.24, 2.45) is 0 Å². The van der Waals surface area contributed by atoms with Crippen LogP contribution in [0.4, 0.5) is 11.5 Å². The Morgan fingerprint density at radius 2 is 1.89 bits per heavy atom. The Morgan fingerprint density at radius 3 is 2.69 bits per heavy atom. The van der Waals surface area contributed by atoms with Gasteiger partial charge in [-0.15, -0.1) is 0 Å². The third kappa shape index (κ3) is 5.50. The molecule has 1 fully saturated rings. The second kappa shape index (κ2) is 11.9. The molecule has 6 aromatic rings. The second-order valence-electron chi connectivity index (χ2n) is 11.3. The lowest BCUT2D eigenvalue weighted by molar-refractivity contribution is 0.175. The highest BCUT2D eigenvalue weighted by Crippen LogP contribution is 2.40. The number of nitriles is 1. The van der Waals surface area contributed by atoms with Crippen LogP contribution >= 0.6 is 11.6 Å². The smallest absolute Gasteiger partial charge is 0.227 e. The van der Waals surface area contributed by atoms with E-state index >= 15 is 0 Å². The van der Waals surface area contributed by atoms with Crippen molar-refractivity contribution in [3.8, 4) is 28.7 Å². The fourth-order valence-corrected chi connectivity index (χ4v) is 6.28. The molecule has 0 radical (unpaired) electrons. The molecule has 0 bridgehead atoms. The highest BCUT2D eigenvalue weighted by atomic mass is 35.5. The molecule has 45 heavy (non-hydrogen) atoms. The van der Waals surface area contributed by atoms with E-state index in [4.69, 9.17) is 21.0 Å². The molecule has 224 valence electrons. The normalized spacial score (nSPS) is 15.1. The maximum absolute atomic E-state index is 9.87. The summed E-state index contributed by atoms with van der Waals surface area (Å²) < 4.78 is 6.08. The number of anilines is 2. The standard InChI is InChI=1S/C35H29ClN6O3/c1-20-26(4-2-5-27(20)35-41-30-14-21(19-43)12-24(15-37)33(30)45-35)28-6-3-7-29(31(28)36)40-34-32-23(8-10-38-34)13-22(16-39-32)17-42-11-9-25(44)18-42/h2-8,10,12-14,16,25,43-44H,9,11,17-19H2,1H3,(H,38,40)/t25-/m0/s1. The number of hydrogen-bond acceptors (Lipinski definition) is 9. The summed E-state index contributed by atoms with van der Waals surface area (Å²) in [5, 5.41) is 34.0. The van der Waals surface area contributed by atoms with E-state index in [-0.39, 0.29) is 12.7 Å². The van der Waals surface area contributed by atoms with Crippen LogP contribution in [0.2, 0.25) is 5.02 Å². The number of hydrogen-bond donors (Lipinski definition) is 3. The zero-order valence-electron chi connectivity index (χ0n) is 24.5. The van der Waals surface area contributed by atoms with E-state index in [0.717, 1.165) is 58.2 Å². The minimum Gasteiger partial charge on any atom is -0.435 e. The van der Waals surface area contributed by atoms with Crippen molar-refractivity contribution >= 4 is 45.1 Å². The number of pyridine rings is 2. The Kier molecular flexibility index (Phi) is 7.65. The molecular weight excluding hydrogens is 588 g/mol. The van der Waals surface area contributed by atoms with Crippen molar-refractivity contribution in [3.63, 3.8) is 0 Å². The van der Waals surface area contributed by atoms with Gasteiger partial charge in [0.25, 0.3) is 0 Å². The number of rotatable bonds is 7. The van der Waals surface area contributed by atoms with Crippen LogP contribution in [0.15, 0.2) is 77.5 Å². The van der Waals surface area contributed by atoms with Gasteiger partial charge < -0.3 is 19.9 Å². The lowest BCUT2D eigenvalue weighted by Gasteiger charge is -2.16. The number of aliphatic hydroxyl groups excluding tert-OH is 2. The Balaban J connectivity index is 1.21. The van der Waals surface area contributed by atoms with Gasteiger partial charge in [-0.1, -0.05) is 35.9 Å². The maximum atomic E-state index is 9.87. The SMILES string of the molecule is Cc1c(-c2nc3cc(CO)cc(C#N)c3o2)cccc1-c1cccc(Nc2nccc3cc(CN4CC[C@H](O)C4)cnc23)c1Cl. The number of nitrogens with one attached hydrogen (secondary N) is 1. The van der Waals surface area contributed by atoms with Crippen molar-refractivity contribution in [1.29, 1.82) is 5.26 Å². The van der Waals surface area contributed by atoms with Crippen LogP contribution in [0, 0.1) is 18.3 Å². The topological polar surface area (TPSA) is 131 Å². The molecule has 1 saturated heterocycles. The first-order chi connectivity index (χ1) is 21.9. The van der Waals surface area contributed by atoms with Gasteiger partial charge in [0.1, 0.15) is 17.1 Å². The molecule has 0 amide bonds. The van der Waals surface area contributed by atoms with Gasteiger partial charge in [-0.05, 0) is 72.0 Å². The van der Waals surface area contributed by atoms with Gasteiger partial charge >= 0.3 is 0 Å². The number of benzene rings is 3. The average molecular weight is 617 g/mol. The van der Waals surface area contributed by atoms with E-state index in [1.54, 1.807) is 18.3 Å². The van der Waals surface area contributed by atoms with E-state index in [0.29, 0.717) is 51.2 Å². The number of likely N-dealkylation sites (tertiary alicyclic amines) is 1. The third-order valence-electron chi connectivity index (χ3n) is 8.27. The van der Waals surface area contributed by atoms with Gasteiger partial charge in [-0.3, -0.25) is 9.88 Å². The molecule has 0 saturated carbocycles. The van der Waals surface area contributed by atoms with Crippen LogP contribution < -0.4 is 5.32 Å². The number of nitrogens with zero attached hydrogens (tertiary/aromatic N) is 5. The lowest BCUT2D eigenvalue weighted by atomic mass is 9.96. The number of aliphatic hydroxyl groups is 2. The van der Waals surface area contributed by atoms with E-state index in [1.807, 2.05) is 55.6 Å². The predicted octanol–water partition coefficient (Wildman–Crippen LogP) is 6.74. The summed E-state index contributed by atoms with van der Waals surface area (Å²) >= 11 is 7.05. The number of halogens is 1.